The van der Waals surface area contributed by atoms with E-state index < -0.39 is 17.8 Å². The second kappa shape index (κ2) is 5.84. The lowest BCUT2D eigenvalue weighted by Crippen LogP contribution is -2.43. The minimum atomic E-state index is -0.895. The van der Waals surface area contributed by atoms with Crippen LogP contribution >= 0.6 is 0 Å². The smallest absolute Gasteiger partial charge is 0.307 e. The van der Waals surface area contributed by atoms with E-state index in [0.29, 0.717) is 19.4 Å². The number of carbonyl (C=O) groups is 2. The first-order valence-corrected chi connectivity index (χ1v) is 6.31. The molecule has 1 fully saturated rings. The summed E-state index contributed by atoms with van der Waals surface area (Å²) in [4.78, 5) is 22.7. The van der Waals surface area contributed by atoms with Crippen LogP contribution in [0.25, 0.3) is 0 Å². The molecular formula is C14H17NO4. The van der Waals surface area contributed by atoms with E-state index in [-0.39, 0.29) is 12.5 Å². The highest BCUT2D eigenvalue weighted by atomic mass is 16.4. The van der Waals surface area contributed by atoms with Gasteiger partial charge in [0.2, 0.25) is 5.91 Å². The average molecular weight is 263 g/mol. The lowest BCUT2D eigenvalue weighted by molar-refractivity contribution is -0.152. The summed E-state index contributed by atoms with van der Waals surface area (Å²) in [6.45, 7) is 0.320. The van der Waals surface area contributed by atoms with Gasteiger partial charge in [0.1, 0.15) is 0 Å². The van der Waals surface area contributed by atoms with Gasteiger partial charge in [-0.1, -0.05) is 24.3 Å². The topological polar surface area (TPSA) is 86.6 Å². The van der Waals surface area contributed by atoms with Crippen LogP contribution in [0.3, 0.4) is 0 Å². The van der Waals surface area contributed by atoms with Gasteiger partial charge >= 0.3 is 5.97 Å². The monoisotopic (exact) mass is 263 g/mol. The number of nitrogens with one attached hydrogen (secondary N) is 1. The largest absolute Gasteiger partial charge is 0.481 e. The predicted octanol–water partition coefficient (Wildman–Crippen LogP) is 0.906. The van der Waals surface area contributed by atoms with Gasteiger partial charge in [0.05, 0.1) is 18.4 Å². The van der Waals surface area contributed by atoms with Crippen molar-refractivity contribution in [3.63, 3.8) is 0 Å². The highest BCUT2D eigenvalue weighted by Gasteiger charge is 2.41. The standard InChI is InChI=1S/C14H17NO4/c16-8-10-3-1-2-9(6-10)7-15-13(17)11-4-5-12(11)14(18)19/h1-3,6,11-12,16H,4-5,7-8H2,(H,15,17)(H,18,19). The Kier molecular flexibility index (Phi) is 4.16. The zero-order valence-electron chi connectivity index (χ0n) is 10.5. The molecule has 0 aliphatic heterocycles. The molecule has 0 heterocycles. The molecule has 19 heavy (non-hydrogen) atoms. The van der Waals surface area contributed by atoms with Crippen LogP contribution in [-0.4, -0.2) is 22.1 Å². The Bertz CT molecular complexity index is 486. The van der Waals surface area contributed by atoms with E-state index in [2.05, 4.69) is 5.32 Å². The number of aliphatic hydroxyl groups excluding tert-OH is 1. The molecule has 3 N–H and O–H groups in total. The van der Waals surface area contributed by atoms with Crippen molar-refractivity contribution < 1.29 is 19.8 Å². The fourth-order valence-electron chi connectivity index (χ4n) is 2.27. The van der Waals surface area contributed by atoms with Crippen LogP contribution in [0.2, 0.25) is 0 Å². The van der Waals surface area contributed by atoms with Crippen LogP contribution in [0.15, 0.2) is 24.3 Å². The summed E-state index contributed by atoms with van der Waals surface area (Å²) in [6, 6.07) is 7.29. The molecule has 0 aromatic heterocycles. The Balaban J connectivity index is 1.88. The number of hydrogen-bond donors (Lipinski definition) is 3. The molecular weight excluding hydrogens is 246 g/mol. The molecule has 0 radical (unpaired) electrons. The van der Waals surface area contributed by atoms with Crippen molar-refractivity contribution in [1.29, 1.82) is 0 Å². The maximum Gasteiger partial charge on any atom is 0.307 e. The third-order valence-corrected chi connectivity index (χ3v) is 3.57. The molecule has 0 bridgehead atoms. The minimum Gasteiger partial charge on any atom is -0.481 e. The predicted molar refractivity (Wildman–Crippen MR) is 68.1 cm³/mol. The van der Waals surface area contributed by atoms with Crippen molar-refractivity contribution in [3.8, 4) is 0 Å². The number of aliphatic carboxylic acids is 1. The fourth-order valence-corrected chi connectivity index (χ4v) is 2.27. The van der Waals surface area contributed by atoms with E-state index in [4.69, 9.17) is 10.2 Å². The van der Waals surface area contributed by atoms with Gasteiger partial charge in [-0.25, -0.2) is 0 Å². The molecule has 2 rings (SSSR count). The summed E-state index contributed by atoms with van der Waals surface area (Å²) >= 11 is 0. The molecule has 5 heteroatoms. The van der Waals surface area contributed by atoms with Gasteiger partial charge in [0.25, 0.3) is 0 Å². The number of amides is 1. The normalized spacial score (nSPS) is 21.5. The Morgan fingerprint density at radius 2 is 1.89 bits per heavy atom. The summed E-state index contributed by atoms with van der Waals surface area (Å²) in [5.41, 5.74) is 1.69. The first-order valence-electron chi connectivity index (χ1n) is 6.31. The summed E-state index contributed by atoms with van der Waals surface area (Å²) in [6.07, 6.45) is 1.22. The molecule has 2 atom stereocenters. The molecule has 0 saturated heterocycles. The molecule has 0 spiro atoms. The van der Waals surface area contributed by atoms with Gasteiger partial charge in [-0.2, -0.15) is 0 Å². The Labute approximate surface area is 111 Å². The SMILES string of the molecule is O=C(O)C1CCC1C(=O)NCc1cccc(CO)c1. The van der Waals surface area contributed by atoms with Crippen molar-refractivity contribution in [1.82, 2.24) is 5.32 Å². The third kappa shape index (κ3) is 3.12. The van der Waals surface area contributed by atoms with Crippen LogP contribution in [0.1, 0.15) is 24.0 Å². The molecule has 2 unspecified atom stereocenters. The van der Waals surface area contributed by atoms with Gasteiger partial charge < -0.3 is 15.5 Å². The molecule has 102 valence electrons. The van der Waals surface area contributed by atoms with Gasteiger partial charge in [-0.05, 0) is 24.0 Å². The van der Waals surface area contributed by atoms with Crippen molar-refractivity contribution >= 4 is 11.9 Å². The Hall–Kier alpha value is -1.88. The van der Waals surface area contributed by atoms with E-state index in [0.717, 1.165) is 11.1 Å². The highest BCUT2D eigenvalue weighted by molar-refractivity contribution is 5.86. The maximum absolute atomic E-state index is 11.8. The molecule has 5 nitrogen and oxygen atoms in total. The third-order valence-electron chi connectivity index (χ3n) is 3.57. The number of carboxylic acids is 1. The molecule has 1 saturated carbocycles. The summed E-state index contributed by atoms with van der Waals surface area (Å²) in [5, 5.41) is 20.7. The van der Waals surface area contributed by atoms with E-state index in [1.54, 1.807) is 6.07 Å². The van der Waals surface area contributed by atoms with E-state index in [1.165, 1.54) is 0 Å². The van der Waals surface area contributed by atoms with E-state index in [9.17, 15) is 9.59 Å². The van der Waals surface area contributed by atoms with Gasteiger partial charge in [-0.3, -0.25) is 9.59 Å². The lowest BCUT2D eigenvalue weighted by atomic mass is 9.73. The quantitative estimate of drug-likeness (QED) is 0.737. The molecule has 1 aliphatic rings. The van der Waals surface area contributed by atoms with Crippen molar-refractivity contribution in [2.24, 2.45) is 11.8 Å². The van der Waals surface area contributed by atoms with Crippen molar-refractivity contribution in [3.05, 3.63) is 35.4 Å². The van der Waals surface area contributed by atoms with Crippen molar-refractivity contribution in [2.45, 2.75) is 26.0 Å². The van der Waals surface area contributed by atoms with Gasteiger partial charge in [0, 0.05) is 6.54 Å². The second-order valence-corrected chi connectivity index (χ2v) is 4.82. The van der Waals surface area contributed by atoms with Gasteiger partial charge in [-0.15, -0.1) is 0 Å². The Morgan fingerprint density at radius 3 is 2.47 bits per heavy atom. The zero-order chi connectivity index (χ0) is 13.8. The number of carboxylic acid groups (broad SMARTS) is 1. The number of rotatable bonds is 5. The maximum atomic E-state index is 11.8. The summed E-state index contributed by atoms with van der Waals surface area (Å²) in [5.74, 6) is -2.04. The van der Waals surface area contributed by atoms with Crippen LogP contribution < -0.4 is 5.32 Å². The molecule has 1 aromatic rings. The first-order chi connectivity index (χ1) is 9.11. The number of aliphatic hydroxyl groups is 1. The van der Waals surface area contributed by atoms with E-state index >= 15 is 0 Å². The summed E-state index contributed by atoms with van der Waals surface area (Å²) in [7, 11) is 0. The second-order valence-electron chi connectivity index (χ2n) is 4.82. The first kappa shape index (κ1) is 13.5. The van der Waals surface area contributed by atoms with Crippen LogP contribution in [0.4, 0.5) is 0 Å². The summed E-state index contributed by atoms with van der Waals surface area (Å²) < 4.78 is 0. The van der Waals surface area contributed by atoms with Crippen molar-refractivity contribution in [2.75, 3.05) is 0 Å². The lowest BCUT2D eigenvalue weighted by Gasteiger charge is -2.31. The average Bonchev–Trinajstić information content (AvgIpc) is 2.34. The highest BCUT2D eigenvalue weighted by Crippen LogP contribution is 2.34. The van der Waals surface area contributed by atoms with Crippen LogP contribution in [0.5, 0.6) is 0 Å². The Morgan fingerprint density at radius 1 is 1.21 bits per heavy atom. The zero-order valence-corrected chi connectivity index (χ0v) is 10.5. The fraction of sp³-hybridized carbons (Fsp3) is 0.429. The van der Waals surface area contributed by atoms with Crippen LogP contribution in [0, 0.1) is 11.8 Å². The number of benzene rings is 1. The molecule has 1 aliphatic carbocycles. The molecule has 1 aromatic carbocycles. The molecule has 1 amide bonds. The van der Waals surface area contributed by atoms with Gasteiger partial charge in [0.15, 0.2) is 0 Å². The number of hydrogen-bond acceptors (Lipinski definition) is 3. The van der Waals surface area contributed by atoms with E-state index in [1.807, 2.05) is 18.2 Å². The number of carbonyl (C=O) groups excluding carboxylic acids is 1. The van der Waals surface area contributed by atoms with Crippen LogP contribution in [-0.2, 0) is 22.7 Å². The minimum absolute atomic E-state index is 0.0362.